The average molecular weight is 352 g/mol. The van der Waals surface area contributed by atoms with Crippen molar-refractivity contribution in [2.45, 2.75) is 39.3 Å². The van der Waals surface area contributed by atoms with E-state index < -0.39 is 23.5 Å². The predicted molar refractivity (Wildman–Crippen MR) is 91.0 cm³/mol. The standard InChI is InChI=1S/C18H25FN2O4/c1-18(2,3)25-17(24)20-9-12-6-7-21(10-12)11-14-5-4-13(16(22)23)8-15(14)19/h4-5,8,12H,6-7,9-11H2,1-3H3,(H,20,24)(H,22,23)/t12-/m0/s1. The predicted octanol–water partition coefficient (Wildman–Crippen LogP) is 2.87. The molecule has 2 rings (SSSR count). The van der Waals surface area contributed by atoms with Crippen molar-refractivity contribution in [2.75, 3.05) is 19.6 Å². The van der Waals surface area contributed by atoms with Crippen LogP contribution >= 0.6 is 0 Å². The summed E-state index contributed by atoms with van der Waals surface area (Å²) in [6.45, 7) is 7.94. The molecule has 1 saturated heterocycles. The summed E-state index contributed by atoms with van der Waals surface area (Å²) in [6, 6.07) is 3.98. The number of likely N-dealkylation sites (tertiary alicyclic amines) is 1. The number of hydrogen-bond donors (Lipinski definition) is 2. The van der Waals surface area contributed by atoms with Gasteiger partial charge in [-0.15, -0.1) is 0 Å². The van der Waals surface area contributed by atoms with Crippen LogP contribution in [0.15, 0.2) is 18.2 Å². The lowest BCUT2D eigenvalue weighted by Gasteiger charge is -2.21. The van der Waals surface area contributed by atoms with E-state index in [1.165, 1.54) is 12.1 Å². The molecule has 138 valence electrons. The van der Waals surface area contributed by atoms with Crippen LogP contribution in [0.1, 0.15) is 43.1 Å². The molecule has 1 aliphatic heterocycles. The molecule has 0 bridgehead atoms. The number of rotatable bonds is 5. The van der Waals surface area contributed by atoms with Crippen molar-refractivity contribution in [3.8, 4) is 0 Å². The monoisotopic (exact) mass is 352 g/mol. The Morgan fingerprint density at radius 3 is 2.72 bits per heavy atom. The Bertz CT molecular complexity index is 642. The van der Waals surface area contributed by atoms with Crippen LogP contribution in [0.3, 0.4) is 0 Å². The molecule has 0 radical (unpaired) electrons. The van der Waals surface area contributed by atoms with Crippen LogP contribution < -0.4 is 5.32 Å². The van der Waals surface area contributed by atoms with Crippen LogP contribution in [0.4, 0.5) is 9.18 Å². The molecule has 1 aliphatic rings. The Hall–Kier alpha value is -2.15. The van der Waals surface area contributed by atoms with E-state index >= 15 is 0 Å². The van der Waals surface area contributed by atoms with Crippen molar-refractivity contribution in [1.29, 1.82) is 0 Å². The number of carbonyl (C=O) groups excluding carboxylic acids is 1. The summed E-state index contributed by atoms with van der Waals surface area (Å²) in [7, 11) is 0. The van der Waals surface area contributed by atoms with Gasteiger partial charge in [0.2, 0.25) is 0 Å². The van der Waals surface area contributed by atoms with Gasteiger partial charge in [-0.1, -0.05) is 6.07 Å². The second kappa shape index (κ2) is 7.82. The van der Waals surface area contributed by atoms with Gasteiger partial charge < -0.3 is 15.2 Å². The van der Waals surface area contributed by atoms with Crippen molar-refractivity contribution >= 4 is 12.1 Å². The molecule has 1 atom stereocenters. The topological polar surface area (TPSA) is 78.9 Å². The fourth-order valence-electron chi connectivity index (χ4n) is 2.81. The third-order valence-corrected chi connectivity index (χ3v) is 4.00. The van der Waals surface area contributed by atoms with E-state index in [4.69, 9.17) is 9.84 Å². The van der Waals surface area contributed by atoms with Crippen LogP contribution in [-0.2, 0) is 11.3 Å². The minimum atomic E-state index is -1.14. The van der Waals surface area contributed by atoms with E-state index in [-0.39, 0.29) is 11.5 Å². The highest BCUT2D eigenvalue weighted by atomic mass is 19.1. The first-order valence-corrected chi connectivity index (χ1v) is 8.35. The van der Waals surface area contributed by atoms with Crippen molar-refractivity contribution in [1.82, 2.24) is 10.2 Å². The van der Waals surface area contributed by atoms with E-state index in [0.29, 0.717) is 18.7 Å². The zero-order chi connectivity index (χ0) is 18.6. The maximum atomic E-state index is 14.0. The minimum absolute atomic E-state index is 0.0536. The summed E-state index contributed by atoms with van der Waals surface area (Å²) in [4.78, 5) is 24.6. The number of benzene rings is 1. The van der Waals surface area contributed by atoms with Gasteiger partial charge in [0.05, 0.1) is 5.56 Å². The van der Waals surface area contributed by atoms with Gasteiger partial charge >= 0.3 is 12.1 Å². The normalized spacial score (nSPS) is 18.2. The fourth-order valence-corrected chi connectivity index (χ4v) is 2.81. The van der Waals surface area contributed by atoms with Gasteiger partial charge in [-0.25, -0.2) is 14.0 Å². The van der Waals surface area contributed by atoms with Crippen LogP contribution in [0.25, 0.3) is 0 Å². The molecule has 0 unspecified atom stereocenters. The molecule has 0 aliphatic carbocycles. The molecule has 0 spiro atoms. The van der Waals surface area contributed by atoms with Gasteiger partial charge in [0, 0.05) is 25.2 Å². The Kier molecular flexibility index (Phi) is 6.00. The van der Waals surface area contributed by atoms with E-state index in [2.05, 4.69) is 10.2 Å². The van der Waals surface area contributed by atoms with Crippen LogP contribution in [-0.4, -0.2) is 47.3 Å². The fraction of sp³-hybridized carbons (Fsp3) is 0.556. The van der Waals surface area contributed by atoms with Crippen molar-refractivity contribution < 1.29 is 23.8 Å². The van der Waals surface area contributed by atoms with Gasteiger partial charge in [-0.05, 0) is 51.8 Å². The van der Waals surface area contributed by atoms with E-state index in [1.54, 1.807) is 0 Å². The molecule has 6 nitrogen and oxygen atoms in total. The van der Waals surface area contributed by atoms with E-state index in [1.807, 2.05) is 20.8 Å². The Morgan fingerprint density at radius 2 is 2.12 bits per heavy atom. The number of alkyl carbamates (subject to hydrolysis) is 1. The third kappa shape index (κ3) is 6.01. The number of nitrogens with zero attached hydrogens (tertiary/aromatic N) is 1. The van der Waals surface area contributed by atoms with Crippen molar-refractivity contribution in [3.05, 3.63) is 35.1 Å². The molecule has 1 aromatic rings. The number of hydrogen-bond acceptors (Lipinski definition) is 4. The first kappa shape index (κ1) is 19.2. The Morgan fingerprint density at radius 1 is 1.40 bits per heavy atom. The molecule has 1 amide bonds. The van der Waals surface area contributed by atoms with Gasteiger partial charge in [0.15, 0.2) is 0 Å². The smallest absolute Gasteiger partial charge is 0.407 e. The lowest BCUT2D eigenvalue weighted by atomic mass is 10.1. The maximum absolute atomic E-state index is 14.0. The maximum Gasteiger partial charge on any atom is 0.407 e. The highest BCUT2D eigenvalue weighted by Crippen LogP contribution is 2.20. The van der Waals surface area contributed by atoms with Crippen LogP contribution in [0, 0.1) is 11.7 Å². The largest absolute Gasteiger partial charge is 0.478 e. The molecule has 0 aromatic heterocycles. The van der Waals surface area contributed by atoms with Crippen molar-refractivity contribution in [3.63, 3.8) is 0 Å². The lowest BCUT2D eigenvalue weighted by Crippen LogP contribution is -2.36. The number of ether oxygens (including phenoxy) is 1. The minimum Gasteiger partial charge on any atom is -0.478 e. The summed E-state index contributed by atoms with van der Waals surface area (Å²) in [6.07, 6.45) is 0.478. The van der Waals surface area contributed by atoms with Crippen molar-refractivity contribution in [2.24, 2.45) is 5.92 Å². The molecule has 1 heterocycles. The van der Waals surface area contributed by atoms with E-state index in [9.17, 15) is 14.0 Å². The second-order valence-electron chi connectivity index (χ2n) is 7.38. The van der Waals surface area contributed by atoms with Crippen LogP contribution in [0.2, 0.25) is 0 Å². The third-order valence-electron chi connectivity index (χ3n) is 4.00. The van der Waals surface area contributed by atoms with Gasteiger partial charge in [-0.2, -0.15) is 0 Å². The number of carbonyl (C=O) groups is 2. The highest BCUT2D eigenvalue weighted by molar-refractivity contribution is 5.87. The molecule has 7 heteroatoms. The Balaban J connectivity index is 1.81. The second-order valence-corrected chi connectivity index (χ2v) is 7.38. The summed E-state index contributed by atoms with van der Waals surface area (Å²) >= 11 is 0. The molecular weight excluding hydrogens is 327 g/mol. The van der Waals surface area contributed by atoms with Gasteiger partial charge in [0.1, 0.15) is 11.4 Å². The number of carboxylic acid groups (broad SMARTS) is 1. The summed E-state index contributed by atoms with van der Waals surface area (Å²) in [5.41, 5.74) is -0.0984. The average Bonchev–Trinajstić information content (AvgIpc) is 2.93. The van der Waals surface area contributed by atoms with Gasteiger partial charge in [0.25, 0.3) is 0 Å². The Labute approximate surface area is 147 Å². The number of aromatic carboxylic acids is 1. The van der Waals surface area contributed by atoms with Gasteiger partial charge in [-0.3, -0.25) is 4.90 Å². The summed E-state index contributed by atoms with van der Waals surface area (Å²) in [5.74, 6) is -1.36. The van der Waals surface area contributed by atoms with Crippen LogP contribution in [0.5, 0.6) is 0 Å². The number of nitrogens with one attached hydrogen (secondary N) is 1. The molecule has 1 aromatic carbocycles. The highest BCUT2D eigenvalue weighted by Gasteiger charge is 2.25. The zero-order valence-electron chi connectivity index (χ0n) is 14.8. The number of amides is 1. The summed E-state index contributed by atoms with van der Waals surface area (Å²) in [5, 5.41) is 11.6. The zero-order valence-corrected chi connectivity index (χ0v) is 14.8. The number of halogens is 1. The van der Waals surface area contributed by atoms with E-state index in [0.717, 1.165) is 25.6 Å². The molecular formula is C18H25FN2O4. The summed E-state index contributed by atoms with van der Waals surface area (Å²) < 4.78 is 19.2. The SMILES string of the molecule is CC(C)(C)OC(=O)NC[C@@H]1CCN(Cc2ccc(C(=O)O)cc2F)C1. The molecule has 25 heavy (non-hydrogen) atoms. The first-order chi connectivity index (χ1) is 11.6. The molecule has 1 fully saturated rings. The lowest BCUT2D eigenvalue weighted by molar-refractivity contribution is 0.0519. The molecule has 2 N–H and O–H groups in total. The number of carboxylic acids is 1. The molecule has 0 saturated carbocycles. The first-order valence-electron chi connectivity index (χ1n) is 8.35. The quantitative estimate of drug-likeness (QED) is 0.852.